The Balaban J connectivity index is 2.16. The largest absolute Gasteiger partial charge is 0.497 e. The Morgan fingerprint density at radius 1 is 0.963 bits per heavy atom. The summed E-state index contributed by atoms with van der Waals surface area (Å²) in [6.07, 6.45) is 0. The summed E-state index contributed by atoms with van der Waals surface area (Å²) in [7, 11) is 2.98. The zero-order chi connectivity index (χ0) is 20.0. The van der Waals surface area contributed by atoms with Crippen molar-refractivity contribution in [3.63, 3.8) is 0 Å². The van der Waals surface area contributed by atoms with Gasteiger partial charge >= 0.3 is 0 Å². The third kappa shape index (κ3) is 5.44. The van der Waals surface area contributed by atoms with Crippen molar-refractivity contribution in [2.24, 2.45) is 5.92 Å². The zero-order valence-corrected chi connectivity index (χ0v) is 15.7. The molecule has 0 saturated carbocycles. The highest BCUT2D eigenvalue weighted by atomic mass is 19.1. The van der Waals surface area contributed by atoms with Gasteiger partial charge < -0.3 is 20.1 Å². The summed E-state index contributed by atoms with van der Waals surface area (Å²) in [4.78, 5) is 25.2. The number of halogens is 1. The normalized spacial score (nSPS) is 11.6. The Hall–Kier alpha value is -3.09. The van der Waals surface area contributed by atoms with Crippen LogP contribution < -0.4 is 20.1 Å². The van der Waals surface area contributed by atoms with E-state index in [1.165, 1.54) is 38.5 Å². The minimum absolute atomic E-state index is 0.165. The van der Waals surface area contributed by atoms with Crippen molar-refractivity contribution in [3.8, 4) is 11.5 Å². The van der Waals surface area contributed by atoms with Crippen molar-refractivity contribution in [1.29, 1.82) is 0 Å². The van der Waals surface area contributed by atoms with Crippen molar-refractivity contribution in [3.05, 3.63) is 53.8 Å². The van der Waals surface area contributed by atoms with Crippen LogP contribution in [0, 0.1) is 11.7 Å². The van der Waals surface area contributed by atoms with Gasteiger partial charge in [0.05, 0.1) is 14.2 Å². The molecule has 1 atom stereocenters. The predicted molar refractivity (Wildman–Crippen MR) is 101 cm³/mol. The second-order valence-electron chi connectivity index (χ2n) is 6.29. The van der Waals surface area contributed by atoms with E-state index >= 15 is 0 Å². The van der Waals surface area contributed by atoms with Gasteiger partial charge in [-0.3, -0.25) is 9.59 Å². The predicted octanol–water partition coefficient (Wildman–Crippen LogP) is 3.24. The minimum atomic E-state index is -0.778. The lowest BCUT2D eigenvalue weighted by atomic mass is 10.0. The molecule has 0 aliphatic carbocycles. The van der Waals surface area contributed by atoms with Crippen LogP contribution in [0.15, 0.2) is 42.5 Å². The third-order valence-electron chi connectivity index (χ3n) is 3.96. The molecule has 0 unspecified atom stereocenters. The van der Waals surface area contributed by atoms with Gasteiger partial charge in [-0.15, -0.1) is 0 Å². The molecule has 0 heterocycles. The number of hydrogen-bond acceptors (Lipinski definition) is 4. The van der Waals surface area contributed by atoms with E-state index < -0.39 is 17.8 Å². The Morgan fingerprint density at radius 2 is 1.52 bits per heavy atom. The maximum atomic E-state index is 13.0. The number of hydrogen-bond donors (Lipinski definition) is 2. The molecule has 2 amide bonds. The number of anilines is 1. The summed E-state index contributed by atoms with van der Waals surface area (Å²) >= 11 is 0. The van der Waals surface area contributed by atoms with E-state index in [2.05, 4.69) is 10.6 Å². The molecule has 0 fully saturated rings. The number of ether oxygens (including phenoxy) is 2. The first kappa shape index (κ1) is 20.2. The fourth-order valence-corrected chi connectivity index (χ4v) is 2.45. The first-order valence-electron chi connectivity index (χ1n) is 8.44. The van der Waals surface area contributed by atoms with Crippen LogP contribution in [-0.2, 0) is 4.79 Å². The van der Waals surface area contributed by atoms with Crippen molar-refractivity contribution in [2.45, 2.75) is 19.9 Å². The molecule has 0 aliphatic rings. The average Bonchev–Trinajstić information content (AvgIpc) is 2.66. The van der Waals surface area contributed by atoms with Gasteiger partial charge in [-0.25, -0.2) is 4.39 Å². The van der Waals surface area contributed by atoms with Gasteiger partial charge in [0.1, 0.15) is 23.4 Å². The van der Waals surface area contributed by atoms with Gasteiger partial charge in [0.25, 0.3) is 5.91 Å². The van der Waals surface area contributed by atoms with Gasteiger partial charge in [-0.2, -0.15) is 0 Å². The second-order valence-corrected chi connectivity index (χ2v) is 6.29. The van der Waals surface area contributed by atoms with Crippen molar-refractivity contribution >= 4 is 17.5 Å². The smallest absolute Gasteiger partial charge is 0.252 e. The van der Waals surface area contributed by atoms with Crippen LogP contribution in [0.25, 0.3) is 0 Å². The molecule has 0 spiro atoms. The summed E-state index contributed by atoms with van der Waals surface area (Å²) in [6.45, 7) is 3.64. The van der Waals surface area contributed by atoms with E-state index in [1.807, 2.05) is 13.8 Å². The quantitative estimate of drug-likeness (QED) is 0.780. The Labute approximate surface area is 157 Å². The number of carbonyl (C=O) groups is 2. The number of carbonyl (C=O) groups excluding carboxylic acids is 2. The molecule has 144 valence electrons. The summed E-state index contributed by atoms with van der Waals surface area (Å²) < 4.78 is 23.3. The van der Waals surface area contributed by atoms with Gasteiger partial charge in [-0.1, -0.05) is 13.8 Å². The first-order chi connectivity index (χ1) is 12.8. The van der Waals surface area contributed by atoms with Gasteiger partial charge in [0.15, 0.2) is 0 Å². The maximum Gasteiger partial charge on any atom is 0.252 e. The van der Waals surface area contributed by atoms with Crippen LogP contribution in [0.2, 0.25) is 0 Å². The van der Waals surface area contributed by atoms with Gasteiger partial charge in [0.2, 0.25) is 5.91 Å². The second kappa shape index (κ2) is 9.02. The van der Waals surface area contributed by atoms with Crippen LogP contribution in [0.4, 0.5) is 10.1 Å². The molecule has 27 heavy (non-hydrogen) atoms. The van der Waals surface area contributed by atoms with E-state index in [9.17, 15) is 14.0 Å². The van der Waals surface area contributed by atoms with Crippen LogP contribution in [-0.4, -0.2) is 32.1 Å². The Morgan fingerprint density at radius 3 is 2.00 bits per heavy atom. The molecule has 6 nitrogen and oxygen atoms in total. The molecule has 7 heteroatoms. The van der Waals surface area contributed by atoms with Crippen molar-refractivity contribution in [2.75, 3.05) is 19.5 Å². The Bertz CT molecular complexity index is 784. The number of rotatable bonds is 7. The monoisotopic (exact) mass is 374 g/mol. The topological polar surface area (TPSA) is 76.7 Å². The molecule has 2 rings (SSSR count). The highest BCUT2D eigenvalue weighted by Crippen LogP contribution is 2.22. The molecule has 2 N–H and O–H groups in total. The van der Waals surface area contributed by atoms with Gasteiger partial charge in [0, 0.05) is 17.3 Å². The highest BCUT2D eigenvalue weighted by Gasteiger charge is 2.25. The molecular weight excluding hydrogens is 351 g/mol. The van der Waals surface area contributed by atoms with Crippen molar-refractivity contribution < 1.29 is 23.5 Å². The third-order valence-corrected chi connectivity index (χ3v) is 3.96. The standard InChI is InChI=1S/C20H23FN2O4/c1-12(2)18(20(25)22-15-7-5-14(21)6-8-15)23-19(24)13-9-16(26-3)11-17(10-13)27-4/h5-12,18H,1-4H3,(H,22,25)(H,23,24)/t18-/m0/s1. The van der Waals surface area contributed by atoms with Crippen molar-refractivity contribution in [1.82, 2.24) is 5.32 Å². The number of methoxy groups -OCH3 is 2. The molecule has 0 saturated heterocycles. The number of amides is 2. The molecule has 2 aromatic rings. The van der Waals surface area contributed by atoms with Crippen LogP contribution in [0.3, 0.4) is 0 Å². The van der Waals surface area contributed by atoms with E-state index in [1.54, 1.807) is 18.2 Å². The first-order valence-corrected chi connectivity index (χ1v) is 8.44. The van der Waals surface area contributed by atoms with Crippen LogP contribution in [0.5, 0.6) is 11.5 Å². The molecular formula is C20H23FN2O4. The summed E-state index contributed by atoms with van der Waals surface area (Å²) in [5.41, 5.74) is 0.760. The van der Waals surface area contributed by atoms with E-state index in [0.29, 0.717) is 22.7 Å². The number of benzene rings is 2. The van der Waals surface area contributed by atoms with Gasteiger partial charge in [-0.05, 0) is 42.3 Å². The molecule has 2 aromatic carbocycles. The summed E-state index contributed by atoms with van der Waals surface area (Å²) in [5.74, 6) is -0.441. The lowest BCUT2D eigenvalue weighted by Gasteiger charge is -2.22. The lowest BCUT2D eigenvalue weighted by molar-refractivity contribution is -0.118. The fourth-order valence-electron chi connectivity index (χ4n) is 2.45. The fraction of sp³-hybridized carbons (Fsp3) is 0.300. The molecule has 0 bridgehead atoms. The maximum absolute atomic E-state index is 13.0. The highest BCUT2D eigenvalue weighted by molar-refractivity contribution is 6.01. The molecule has 0 aliphatic heterocycles. The summed E-state index contributed by atoms with van der Waals surface area (Å²) in [5, 5.41) is 5.41. The zero-order valence-electron chi connectivity index (χ0n) is 15.7. The minimum Gasteiger partial charge on any atom is -0.497 e. The SMILES string of the molecule is COc1cc(OC)cc(C(=O)N[C@H](C(=O)Nc2ccc(F)cc2)C(C)C)c1. The van der Waals surface area contributed by atoms with E-state index in [0.717, 1.165) is 0 Å². The lowest BCUT2D eigenvalue weighted by Crippen LogP contribution is -2.47. The number of nitrogens with one attached hydrogen (secondary N) is 2. The molecule has 0 radical (unpaired) electrons. The Kier molecular flexibility index (Phi) is 6.76. The van der Waals surface area contributed by atoms with Crippen LogP contribution >= 0.6 is 0 Å². The van der Waals surface area contributed by atoms with E-state index in [-0.39, 0.29) is 11.8 Å². The summed E-state index contributed by atoms with van der Waals surface area (Å²) in [6, 6.07) is 9.42. The average molecular weight is 374 g/mol. The van der Waals surface area contributed by atoms with E-state index in [4.69, 9.17) is 9.47 Å². The van der Waals surface area contributed by atoms with Crippen LogP contribution in [0.1, 0.15) is 24.2 Å². The molecule has 0 aromatic heterocycles.